The fourth-order valence-corrected chi connectivity index (χ4v) is 3.41. The van der Waals surface area contributed by atoms with Gasteiger partial charge in [0.15, 0.2) is 0 Å². The minimum absolute atomic E-state index is 0.271. The van der Waals surface area contributed by atoms with Crippen molar-refractivity contribution in [3.8, 4) is 5.75 Å². The van der Waals surface area contributed by atoms with Gasteiger partial charge in [-0.25, -0.2) is 8.42 Å². The monoisotopic (exact) mass is 390 g/mol. The van der Waals surface area contributed by atoms with Crippen molar-refractivity contribution in [3.05, 3.63) is 65.2 Å². The van der Waals surface area contributed by atoms with E-state index in [1.54, 1.807) is 24.3 Å². The summed E-state index contributed by atoms with van der Waals surface area (Å²) in [5, 5.41) is 2.76. The number of nitrogens with zero attached hydrogens (tertiary/aromatic N) is 1. The molecular weight excluding hydrogens is 364 g/mol. The Morgan fingerprint density at radius 2 is 1.70 bits per heavy atom. The number of likely N-dealkylation sites (N-methyl/N-ethyl adjacent to an activating group) is 1. The Hall–Kier alpha value is -2.38. The summed E-state index contributed by atoms with van der Waals surface area (Å²) in [6.45, 7) is 4.55. The van der Waals surface area contributed by atoms with Gasteiger partial charge in [0.2, 0.25) is 15.9 Å². The maximum Gasteiger partial charge on any atom is 0.243 e. The van der Waals surface area contributed by atoms with Crippen molar-refractivity contribution >= 4 is 15.9 Å². The Kier molecular flexibility index (Phi) is 6.98. The van der Waals surface area contributed by atoms with Gasteiger partial charge in [0.1, 0.15) is 18.4 Å². The third-order valence-corrected chi connectivity index (χ3v) is 5.37. The number of amides is 1. The van der Waals surface area contributed by atoms with Crippen molar-refractivity contribution in [2.24, 2.45) is 0 Å². The van der Waals surface area contributed by atoms with Crippen molar-refractivity contribution in [1.82, 2.24) is 9.62 Å². The van der Waals surface area contributed by atoms with E-state index < -0.39 is 22.0 Å². The molecule has 0 aliphatic heterocycles. The summed E-state index contributed by atoms with van der Waals surface area (Å²) in [5.74, 6) is 0.354. The van der Waals surface area contributed by atoms with Gasteiger partial charge in [0.25, 0.3) is 0 Å². The highest BCUT2D eigenvalue weighted by Crippen LogP contribution is 2.22. The van der Waals surface area contributed by atoms with E-state index >= 15 is 0 Å². The summed E-state index contributed by atoms with van der Waals surface area (Å²) in [4.78, 5) is 12.7. The molecule has 146 valence electrons. The molecule has 2 aromatic rings. The quantitative estimate of drug-likeness (QED) is 0.703. The molecule has 2 aromatic carbocycles. The van der Waals surface area contributed by atoms with Crippen LogP contribution in [0.2, 0.25) is 0 Å². The van der Waals surface area contributed by atoms with Crippen LogP contribution in [-0.2, 0) is 14.8 Å². The number of carbonyl (C=O) groups excluding carboxylic acids is 1. The van der Waals surface area contributed by atoms with Crippen LogP contribution in [0.25, 0.3) is 0 Å². The minimum Gasteiger partial charge on any atom is -0.492 e. The molecule has 2 rings (SSSR count). The summed E-state index contributed by atoms with van der Waals surface area (Å²) in [6, 6.07) is 13.8. The first-order valence-corrected chi connectivity index (χ1v) is 10.5. The number of ether oxygens (including phenoxy) is 1. The molecule has 6 nitrogen and oxygen atoms in total. The molecular formula is C20H26N2O4S. The van der Waals surface area contributed by atoms with Crippen molar-refractivity contribution in [2.75, 3.05) is 26.5 Å². The number of hydrogen-bond acceptors (Lipinski definition) is 4. The Morgan fingerprint density at radius 1 is 1.11 bits per heavy atom. The second-order valence-electron chi connectivity index (χ2n) is 6.56. The van der Waals surface area contributed by atoms with E-state index in [-0.39, 0.29) is 6.54 Å². The molecule has 0 saturated carbocycles. The fourth-order valence-electron chi connectivity index (χ4n) is 2.81. The van der Waals surface area contributed by atoms with E-state index in [0.717, 1.165) is 27.4 Å². The van der Waals surface area contributed by atoms with Gasteiger partial charge in [-0.05, 0) is 42.7 Å². The summed E-state index contributed by atoms with van der Waals surface area (Å²) < 4.78 is 30.7. The average Bonchev–Trinajstić information content (AvgIpc) is 2.58. The number of hydrogen-bond donors (Lipinski definition) is 1. The number of aryl methyl sites for hydroxylation is 2. The number of carbonyl (C=O) groups is 1. The normalized spacial score (nSPS) is 12.6. The third-order valence-electron chi connectivity index (χ3n) is 4.12. The molecule has 7 heteroatoms. The SMILES string of the molecule is Cc1cc(C)cc(OCCNC(=O)[C@H](c2ccccc2)N(C)S(C)(=O)=O)c1. The molecule has 0 unspecified atom stereocenters. The molecule has 1 amide bonds. The maximum absolute atomic E-state index is 12.7. The van der Waals surface area contributed by atoms with E-state index in [0.29, 0.717) is 12.2 Å². The first kappa shape index (κ1) is 20.9. The molecule has 0 aliphatic carbocycles. The topological polar surface area (TPSA) is 75.7 Å². The Balaban J connectivity index is 2.01. The highest BCUT2D eigenvalue weighted by Gasteiger charge is 2.30. The second-order valence-corrected chi connectivity index (χ2v) is 8.60. The standard InChI is InChI=1S/C20H26N2O4S/c1-15-12-16(2)14-18(13-15)26-11-10-21-20(23)19(22(3)27(4,24)25)17-8-6-5-7-9-17/h5-9,12-14,19H,10-11H2,1-4H3,(H,21,23)/t19-/m0/s1. The van der Waals surface area contributed by atoms with Crippen LogP contribution in [0.1, 0.15) is 22.7 Å². The summed E-state index contributed by atoms with van der Waals surface area (Å²) in [7, 11) is -2.14. The predicted molar refractivity (Wildman–Crippen MR) is 106 cm³/mol. The van der Waals surface area contributed by atoms with Gasteiger partial charge in [-0.2, -0.15) is 4.31 Å². The highest BCUT2D eigenvalue weighted by atomic mass is 32.2. The van der Waals surface area contributed by atoms with Crippen LogP contribution in [0.3, 0.4) is 0 Å². The van der Waals surface area contributed by atoms with Crippen molar-refractivity contribution < 1.29 is 17.9 Å². The number of sulfonamides is 1. The molecule has 0 aromatic heterocycles. The first-order valence-electron chi connectivity index (χ1n) is 8.65. The lowest BCUT2D eigenvalue weighted by Gasteiger charge is -2.25. The Bertz CT molecular complexity index is 862. The van der Waals surface area contributed by atoms with Crippen LogP contribution in [0.4, 0.5) is 0 Å². The zero-order chi connectivity index (χ0) is 20.0. The van der Waals surface area contributed by atoms with E-state index in [1.165, 1.54) is 7.05 Å². The van der Waals surface area contributed by atoms with Crippen LogP contribution in [0, 0.1) is 13.8 Å². The minimum atomic E-state index is -3.54. The summed E-state index contributed by atoms with van der Waals surface area (Å²) >= 11 is 0. The van der Waals surface area contributed by atoms with E-state index in [4.69, 9.17) is 4.74 Å². The second kappa shape index (κ2) is 9.01. The van der Waals surface area contributed by atoms with Crippen LogP contribution < -0.4 is 10.1 Å². The molecule has 0 saturated heterocycles. The van der Waals surface area contributed by atoms with Gasteiger partial charge >= 0.3 is 0 Å². The molecule has 0 bridgehead atoms. The van der Waals surface area contributed by atoms with Crippen LogP contribution in [0.5, 0.6) is 5.75 Å². The fraction of sp³-hybridized carbons (Fsp3) is 0.350. The van der Waals surface area contributed by atoms with E-state index in [2.05, 4.69) is 11.4 Å². The number of benzene rings is 2. The van der Waals surface area contributed by atoms with Crippen LogP contribution in [-0.4, -0.2) is 45.1 Å². The van der Waals surface area contributed by atoms with Gasteiger partial charge in [-0.15, -0.1) is 0 Å². The van der Waals surface area contributed by atoms with Gasteiger partial charge in [0.05, 0.1) is 12.8 Å². The molecule has 1 atom stereocenters. The summed E-state index contributed by atoms with van der Waals surface area (Å²) in [5.41, 5.74) is 2.82. The van der Waals surface area contributed by atoms with Crippen LogP contribution in [0.15, 0.2) is 48.5 Å². The van der Waals surface area contributed by atoms with E-state index in [9.17, 15) is 13.2 Å². The zero-order valence-corrected chi connectivity index (χ0v) is 16.9. The van der Waals surface area contributed by atoms with E-state index in [1.807, 2.05) is 32.0 Å². The molecule has 1 N–H and O–H groups in total. The van der Waals surface area contributed by atoms with Crippen molar-refractivity contribution in [2.45, 2.75) is 19.9 Å². The highest BCUT2D eigenvalue weighted by molar-refractivity contribution is 7.88. The first-order chi connectivity index (χ1) is 12.7. The lowest BCUT2D eigenvalue weighted by atomic mass is 10.1. The molecule has 0 radical (unpaired) electrons. The Labute approximate surface area is 161 Å². The maximum atomic E-state index is 12.7. The number of rotatable bonds is 8. The zero-order valence-electron chi connectivity index (χ0n) is 16.1. The lowest BCUT2D eigenvalue weighted by molar-refractivity contribution is -0.124. The van der Waals surface area contributed by atoms with Gasteiger partial charge in [-0.1, -0.05) is 36.4 Å². The van der Waals surface area contributed by atoms with Gasteiger partial charge in [0, 0.05) is 7.05 Å². The van der Waals surface area contributed by atoms with Gasteiger partial charge < -0.3 is 10.1 Å². The molecule has 27 heavy (non-hydrogen) atoms. The molecule has 0 aliphatic rings. The van der Waals surface area contributed by atoms with Gasteiger partial charge in [-0.3, -0.25) is 4.79 Å². The summed E-state index contributed by atoms with van der Waals surface area (Å²) in [6.07, 6.45) is 1.08. The largest absolute Gasteiger partial charge is 0.492 e. The number of nitrogens with one attached hydrogen (secondary N) is 1. The third kappa shape index (κ3) is 6.08. The lowest BCUT2D eigenvalue weighted by Crippen LogP contribution is -2.42. The molecule has 0 spiro atoms. The average molecular weight is 391 g/mol. The smallest absolute Gasteiger partial charge is 0.243 e. The molecule has 0 fully saturated rings. The van der Waals surface area contributed by atoms with Crippen LogP contribution >= 0.6 is 0 Å². The van der Waals surface area contributed by atoms with Crippen molar-refractivity contribution in [3.63, 3.8) is 0 Å². The predicted octanol–water partition coefficient (Wildman–Crippen LogP) is 2.43. The molecule has 0 heterocycles. The Morgan fingerprint density at radius 3 is 2.26 bits per heavy atom. The van der Waals surface area contributed by atoms with Crippen molar-refractivity contribution in [1.29, 1.82) is 0 Å².